The molecular formula is C29H33NO7S. The number of furan rings is 1. The second-order valence-electron chi connectivity index (χ2n) is 12.2. The zero-order valence-electron chi connectivity index (χ0n) is 22.3. The van der Waals surface area contributed by atoms with Crippen LogP contribution in [0.5, 0.6) is 0 Å². The zero-order valence-corrected chi connectivity index (χ0v) is 23.1. The maximum Gasteiger partial charge on any atom is 0.375 e. The van der Waals surface area contributed by atoms with Gasteiger partial charge in [-0.3, -0.25) is 14.4 Å². The van der Waals surface area contributed by atoms with Gasteiger partial charge in [-0.05, 0) is 68.7 Å². The van der Waals surface area contributed by atoms with Crippen molar-refractivity contribution >= 4 is 33.9 Å². The standard InChI is InChI=1S/C29H33NO7S/c1-16-13-20-19-9-8-17-14-18(31)10-11-26(17,2)29(19)22(36-29)15-27(20,3)28(16,24(33)38-25(34)30(4)5)37-23(32)21-7-6-12-35-21/h6-7,10-12,14,16,19-20,22H,8-9,13,15H2,1-5H3/t16-,19+,20+,22?,26+,27+,28+,29?/m1/s1. The summed E-state index contributed by atoms with van der Waals surface area (Å²) in [5, 5.41) is -0.861. The summed E-state index contributed by atoms with van der Waals surface area (Å²) in [6, 6.07) is 3.11. The smallest absolute Gasteiger partial charge is 0.375 e. The first kappa shape index (κ1) is 25.6. The molecule has 38 heavy (non-hydrogen) atoms. The number of epoxide rings is 1. The Morgan fingerprint density at radius 2 is 1.95 bits per heavy atom. The molecule has 1 saturated heterocycles. The van der Waals surface area contributed by atoms with Crippen molar-refractivity contribution in [2.45, 2.75) is 63.8 Å². The molecule has 8 atom stereocenters. The van der Waals surface area contributed by atoms with E-state index in [2.05, 4.69) is 6.92 Å². The Morgan fingerprint density at radius 3 is 2.63 bits per heavy atom. The molecule has 4 fully saturated rings. The van der Waals surface area contributed by atoms with Gasteiger partial charge in [0.1, 0.15) is 5.60 Å². The molecule has 5 aliphatic rings. The highest BCUT2D eigenvalue weighted by Crippen LogP contribution is 2.77. The summed E-state index contributed by atoms with van der Waals surface area (Å²) in [7, 11) is 3.19. The Labute approximate surface area is 226 Å². The lowest BCUT2D eigenvalue weighted by Crippen LogP contribution is -2.63. The number of ketones is 1. The van der Waals surface area contributed by atoms with Gasteiger partial charge in [-0.1, -0.05) is 25.5 Å². The molecule has 6 rings (SSSR count). The van der Waals surface area contributed by atoms with E-state index >= 15 is 0 Å². The lowest BCUT2D eigenvalue weighted by molar-refractivity contribution is -0.156. The molecule has 0 bridgehead atoms. The first-order valence-corrected chi connectivity index (χ1v) is 14.0. The minimum absolute atomic E-state index is 0.0108. The van der Waals surface area contributed by atoms with Gasteiger partial charge in [0.25, 0.3) is 5.24 Å². The van der Waals surface area contributed by atoms with E-state index in [-0.39, 0.29) is 35.4 Å². The predicted molar refractivity (Wildman–Crippen MR) is 139 cm³/mol. The highest BCUT2D eigenvalue weighted by atomic mass is 32.2. The fraction of sp³-hybridized carbons (Fsp3) is 0.586. The minimum Gasteiger partial charge on any atom is -0.457 e. The molecule has 2 heterocycles. The van der Waals surface area contributed by atoms with Gasteiger partial charge in [0.15, 0.2) is 11.4 Å². The van der Waals surface area contributed by atoms with E-state index in [4.69, 9.17) is 13.9 Å². The van der Waals surface area contributed by atoms with Gasteiger partial charge in [0.2, 0.25) is 10.9 Å². The van der Waals surface area contributed by atoms with E-state index < -0.39 is 38.4 Å². The third-order valence-corrected chi connectivity index (χ3v) is 11.3. The largest absolute Gasteiger partial charge is 0.457 e. The lowest BCUT2D eigenvalue weighted by Gasteiger charge is -2.56. The summed E-state index contributed by atoms with van der Waals surface area (Å²) < 4.78 is 18.2. The minimum atomic E-state index is -1.54. The highest BCUT2D eigenvalue weighted by molar-refractivity contribution is 8.26. The number of nitrogens with zero attached hydrogens (tertiary/aromatic N) is 1. The van der Waals surface area contributed by atoms with Gasteiger partial charge in [-0.2, -0.15) is 0 Å². The summed E-state index contributed by atoms with van der Waals surface area (Å²) in [5.41, 5.74) is -2.03. The summed E-state index contributed by atoms with van der Waals surface area (Å²) in [6.07, 6.45) is 9.42. The number of allylic oxidation sites excluding steroid dienone is 2. The Balaban J connectivity index is 1.43. The molecule has 1 spiro atoms. The van der Waals surface area contributed by atoms with Crippen molar-refractivity contribution in [1.29, 1.82) is 0 Å². The van der Waals surface area contributed by atoms with Crippen molar-refractivity contribution in [3.8, 4) is 0 Å². The van der Waals surface area contributed by atoms with Gasteiger partial charge < -0.3 is 18.8 Å². The zero-order chi connectivity index (χ0) is 27.3. The number of esters is 1. The number of thioether (sulfide) groups is 1. The predicted octanol–water partition coefficient (Wildman–Crippen LogP) is 4.80. The van der Waals surface area contributed by atoms with E-state index in [1.807, 2.05) is 19.9 Å². The third kappa shape index (κ3) is 3.09. The van der Waals surface area contributed by atoms with Gasteiger partial charge in [0, 0.05) is 42.6 Å². The fourth-order valence-corrected chi connectivity index (χ4v) is 9.47. The molecular weight excluding hydrogens is 506 g/mol. The second kappa shape index (κ2) is 8.18. The first-order chi connectivity index (χ1) is 17.9. The van der Waals surface area contributed by atoms with Crippen LogP contribution in [-0.2, 0) is 19.1 Å². The summed E-state index contributed by atoms with van der Waals surface area (Å²) in [6.45, 7) is 6.15. The van der Waals surface area contributed by atoms with Crippen molar-refractivity contribution in [2.24, 2.45) is 28.6 Å². The van der Waals surface area contributed by atoms with Gasteiger partial charge >= 0.3 is 5.97 Å². The molecule has 3 saturated carbocycles. The Morgan fingerprint density at radius 1 is 1.18 bits per heavy atom. The molecule has 4 aliphatic carbocycles. The van der Waals surface area contributed by atoms with Crippen LogP contribution in [-0.4, -0.2) is 58.4 Å². The van der Waals surface area contributed by atoms with E-state index in [1.165, 1.54) is 17.2 Å². The van der Waals surface area contributed by atoms with Crippen LogP contribution in [0.15, 0.2) is 46.6 Å². The van der Waals surface area contributed by atoms with Crippen molar-refractivity contribution in [3.63, 3.8) is 0 Å². The molecule has 0 N–H and O–H groups in total. The Kier molecular flexibility index (Phi) is 5.51. The quantitative estimate of drug-likeness (QED) is 0.398. The van der Waals surface area contributed by atoms with Crippen LogP contribution < -0.4 is 0 Å². The normalized spacial score (nSPS) is 42.2. The van der Waals surface area contributed by atoms with E-state index in [0.29, 0.717) is 24.6 Å². The van der Waals surface area contributed by atoms with Crippen molar-refractivity contribution in [3.05, 3.63) is 48.0 Å². The summed E-state index contributed by atoms with van der Waals surface area (Å²) in [4.78, 5) is 53.8. The maximum atomic E-state index is 14.2. The van der Waals surface area contributed by atoms with Crippen LogP contribution in [0.1, 0.15) is 57.0 Å². The molecule has 1 amide bonds. The van der Waals surface area contributed by atoms with Gasteiger partial charge in [-0.15, -0.1) is 0 Å². The Hall–Kier alpha value is -2.65. The number of carbonyl (C=O) groups is 4. The molecule has 202 valence electrons. The summed E-state index contributed by atoms with van der Waals surface area (Å²) >= 11 is 0.603. The fourth-order valence-electron chi connectivity index (χ4n) is 8.50. The number of hydrogen-bond donors (Lipinski definition) is 0. The molecule has 1 aliphatic heterocycles. The number of hydrogen-bond acceptors (Lipinski definition) is 8. The number of carbonyl (C=O) groups excluding carboxylic acids is 4. The maximum absolute atomic E-state index is 14.2. The SMILES string of the molecule is C[C@@H]1C[C@H]2[C@@H]3CCC4=CC(=O)C=C[C@]4(C)C34OC4C[C@]2(C)[C@@]1(OC(=O)c1ccco1)C(=O)SC(=O)N(C)C. The average Bonchev–Trinajstić information content (AvgIpc) is 3.22. The molecule has 8 nitrogen and oxygen atoms in total. The molecule has 1 aromatic rings. The molecule has 0 aromatic carbocycles. The van der Waals surface area contributed by atoms with Crippen LogP contribution in [0.25, 0.3) is 0 Å². The van der Waals surface area contributed by atoms with Crippen molar-refractivity contribution in [1.82, 2.24) is 4.90 Å². The first-order valence-electron chi connectivity index (χ1n) is 13.2. The topological polar surface area (TPSA) is 106 Å². The van der Waals surface area contributed by atoms with Crippen LogP contribution in [0.3, 0.4) is 0 Å². The van der Waals surface area contributed by atoms with Crippen molar-refractivity contribution in [2.75, 3.05) is 14.1 Å². The van der Waals surface area contributed by atoms with E-state index in [1.54, 1.807) is 32.3 Å². The van der Waals surface area contributed by atoms with Crippen LogP contribution in [0.2, 0.25) is 0 Å². The van der Waals surface area contributed by atoms with Gasteiger partial charge in [0.05, 0.1) is 12.4 Å². The third-order valence-electron chi connectivity index (χ3n) is 10.3. The van der Waals surface area contributed by atoms with Crippen LogP contribution >= 0.6 is 11.8 Å². The number of rotatable bonds is 3. The van der Waals surface area contributed by atoms with Crippen LogP contribution in [0.4, 0.5) is 4.79 Å². The monoisotopic (exact) mass is 539 g/mol. The van der Waals surface area contributed by atoms with Crippen LogP contribution in [0, 0.1) is 28.6 Å². The molecule has 0 radical (unpaired) electrons. The molecule has 1 aromatic heterocycles. The average molecular weight is 540 g/mol. The number of ether oxygens (including phenoxy) is 2. The summed E-state index contributed by atoms with van der Waals surface area (Å²) in [5.74, 6) is -0.876. The lowest BCUT2D eigenvalue weighted by atomic mass is 9.47. The molecule has 9 heteroatoms. The molecule has 2 unspecified atom stereocenters. The van der Waals surface area contributed by atoms with E-state index in [9.17, 15) is 19.2 Å². The van der Waals surface area contributed by atoms with Crippen molar-refractivity contribution < 1.29 is 33.1 Å². The van der Waals surface area contributed by atoms with E-state index in [0.717, 1.165) is 18.4 Å². The number of amides is 1. The van der Waals surface area contributed by atoms with Gasteiger partial charge in [-0.25, -0.2) is 4.79 Å². The second-order valence-corrected chi connectivity index (χ2v) is 13.1. The number of fused-ring (bicyclic) bond motifs is 3. The Bertz CT molecular complexity index is 1300. The highest BCUT2D eigenvalue weighted by Gasteiger charge is 2.83.